The van der Waals surface area contributed by atoms with Crippen LogP contribution in [0.4, 0.5) is 5.82 Å². The van der Waals surface area contributed by atoms with Crippen LogP contribution in [-0.4, -0.2) is 53.6 Å². The van der Waals surface area contributed by atoms with E-state index in [0.29, 0.717) is 25.5 Å². The number of nitrogens with zero attached hydrogens (tertiary/aromatic N) is 2. The molecule has 0 amide bonds. The summed E-state index contributed by atoms with van der Waals surface area (Å²) < 4.78 is 5.57. The van der Waals surface area contributed by atoms with Gasteiger partial charge in [-0.1, -0.05) is 18.2 Å². The summed E-state index contributed by atoms with van der Waals surface area (Å²) in [5, 5.41) is 19.4. The fourth-order valence-corrected chi connectivity index (χ4v) is 3.30. The van der Waals surface area contributed by atoms with Crippen LogP contribution in [0.3, 0.4) is 0 Å². The Kier molecular flexibility index (Phi) is 4.97. The van der Waals surface area contributed by atoms with Crippen molar-refractivity contribution in [3.63, 3.8) is 0 Å². The number of pyridine rings is 1. The van der Waals surface area contributed by atoms with Crippen LogP contribution >= 0.6 is 0 Å². The molecule has 1 aromatic carbocycles. The van der Waals surface area contributed by atoms with E-state index in [0.717, 1.165) is 29.3 Å². The number of fused-ring (bicyclic) bond motifs is 1. The van der Waals surface area contributed by atoms with Gasteiger partial charge >= 0.3 is 5.97 Å². The molecule has 1 aliphatic rings. The molecular formula is C18H22N2O4. The molecule has 0 unspecified atom stereocenters. The Bertz CT molecular complexity index is 739. The summed E-state index contributed by atoms with van der Waals surface area (Å²) in [4.78, 5) is 18.5. The molecule has 0 spiro atoms. The van der Waals surface area contributed by atoms with Crippen LogP contribution in [0.5, 0.6) is 0 Å². The van der Waals surface area contributed by atoms with Crippen molar-refractivity contribution in [2.24, 2.45) is 0 Å². The number of rotatable bonds is 5. The topological polar surface area (TPSA) is 82.9 Å². The number of aryl methyl sites for hydroxylation is 1. The van der Waals surface area contributed by atoms with Crippen molar-refractivity contribution in [1.82, 2.24) is 4.98 Å². The molecule has 2 heterocycles. The Morgan fingerprint density at radius 3 is 2.71 bits per heavy atom. The minimum absolute atomic E-state index is 0.0226. The number of aromatic nitrogens is 1. The molecule has 1 aromatic heterocycles. The fourth-order valence-electron chi connectivity index (χ4n) is 3.30. The molecule has 6 heteroatoms. The summed E-state index contributed by atoms with van der Waals surface area (Å²) in [5.74, 6) is -0.404. The summed E-state index contributed by atoms with van der Waals surface area (Å²) in [6.45, 7) is 3.60. The Morgan fingerprint density at radius 1 is 1.33 bits per heavy atom. The molecule has 0 bridgehead atoms. The van der Waals surface area contributed by atoms with Crippen molar-refractivity contribution >= 4 is 22.7 Å². The molecule has 0 saturated carbocycles. The Hall–Kier alpha value is -2.18. The highest BCUT2D eigenvalue weighted by atomic mass is 16.5. The van der Waals surface area contributed by atoms with Gasteiger partial charge in [0.15, 0.2) is 0 Å². The van der Waals surface area contributed by atoms with Gasteiger partial charge in [0.1, 0.15) is 11.4 Å². The second-order valence-corrected chi connectivity index (χ2v) is 6.04. The van der Waals surface area contributed by atoms with Crippen LogP contribution in [0.15, 0.2) is 24.3 Å². The molecule has 6 nitrogen and oxygen atoms in total. The lowest BCUT2D eigenvalue weighted by atomic mass is 10.0. The molecule has 0 radical (unpaired) electrons. The number of carboxylic acid groups (broad SMARTS) is 1. The van der Waals surface area contributed by atoms with Gasteiger partial charge in [-0.3, -0.25) is 0 Å². The van der Waals surface area contributed by atoms with Crippen LogP contribution in [0.25, 0.3) is 10.9 Å². The molecule has 1 aliphatic heterocycles. The predicted molar refractivity (Wildman–Crippen MR) is 91.7 cm³/mol. The van der Waals surface area contributed by atoms with Gasteiger partial charge in [0.25, 0.3) is 0 Å². The Balaban J connectivity index is 1.92. The van der Waals surface area contributed by atoms with E-state index >= 15 is 0 Å². The number of hydrogen-bond acceptors (Lipinski definition) is 5. The number of aromatic carboxylic acids is 1. The standard InChI is InChI=1S/C18H22N2O4/c1-12-14-4-2-3-5-15(14)19-17(16(12)18(22)23)20-8-6-13(7-9-20)24-11-10-21/h2-5,13,21H,6-11H2,1H3,(H,22,23). The summed E-state index contributed by atoms with van der Waals surface area (Å²) in [6.07, 6.45) is 1.71. The zero-order valence-corrected chi connectivity index (χ0v) is 13.7. The number of piperidine rings is 1. The van der Waals surface area contributed by atoms with E-state index in [1.165, 1.54) is 0 Å². The van der Waals surface area contributed by atoms with Crippen molar-refractivity contribution < 1.29 is 19.7 Å². The Morgan fingerprint density at radius 2 is 2.04 bits per heavy atom. The number of carbonyl (C=O) groups is 1. The molecule has 0 atom stereocenters. The molecule has 24 heavy (non-hydrogen) atoms. The van der Waals surface area contributed by atoms with Crippen molar-refractivity contribution in [3.05, 3.63) is 35.4 Å². The van der Waals surface area contributed by atoms with Crippen molar-refractivity contribution in [2.45, 2.75) is 25.9 Å². The predicted octanol–water partition coefficient (Wildman–Crippen LogP) is 2.22. The Labute approximate surface area is 140 Å². The lowest BCUT2D eigenvalue weighted by Crippen LogP contribution is -2.38. The zero-order chi connectivity index (χ0) is 17.1. The number of aliphatic hydroxyl groups excluding tert-OH is 1. The number of benzene rings is 1. The molecule has 128 valence electrons. The molecule has 1 fully saturated rings. The third kappa shape index (κ3) is 3.20. The van der Waals surface area contributed by atoms with Crippen LogP contribution < -0.4 is 4.90 Å². The quantitative estimate of drug-likeness (QED) is 0.875. The van der Waals surface area contributed by atoms with Gasteiger partial charge in [0, 0.05) is 18.5 Å². The van der Waals surface area contributed by atoms with Crippen LogP contribution in [0, 0.1) is 6.92 Å². The highest BCUT2D eigenvalue weighted by molar-refractivity contribution is 6.01. The maximum atomic E-state index is 11.8. The average molecular weight is 330 g/mol. The van der Waals surface area contributed by atoms with Crippen LogP contribution in [-0.2, 0) is 4.74 Å². The first-order chi connectivity index (χ1) is 11.6. The van der Waals surface area contributed by atoms with Gasteiger partial charge in [0.2, 0.25) is 0 Å². The smallest absolute Gasteiger partial charge is 0.339 e. The van der Waals surface area contributed by atoms with E-state index in [2.05, 4.69) is 4.98 Å². The van der Waals surface area contributed by atoms with Gasteiger partial charge in [-0.2, -0.15) is 0 Å². The average Bonchev–Trinajstić information content (AvgIpc) is 2.60. The van der Waals surface area contributed by atoms with Crippen LogP contribution in [0.2, 0.25) is 0 Å². The summed E-state index contributed by atoms with van der Waals surface area (Å²) in [7, 11) is 0. The van der Waals surface area contributed by atoms with E-state index in [1.54, 1.807) is 0 Å². The molecule has 2 aromatic rings. The van der Waals surface area contributed by atoms with Gasteiger partial charge < -0.3 is 19.8 Å². The first kappa shape index (κ1) is 16.7. The molecule has 0 aliphatic carbocycles. The second kappa shape index (κ2) is 7.15. The number of ether oxygens (including phenoxy) is 1. The SMILES string of the molecule is Cc1c(C(=O)O)c(N2CCC(OCCO)CC2)nc2ccccc12. The normalized spacial score (nSPS) is 15.8. The lowest BCUT2D eigenvalue weighted by molar-refractivity contribution is 0.0158. The third-order valence-corrected chi connectivity index (χ3v) is 4.53. The third-order valence-electron chi connectivity index (χ3n) is 4.53. The minimum atomic E-state index is -0.945. The van der Waals surface area contributed by atoms with Crippen molar-refractivity contribution in [1.29, 1.82) is 0 Å². The first-order valence-electron chi connectivity index (χ1n) is 8.22. The maximum absolute atomic E-state index is 11.8. The summed E-state index contributed by atoms with van der Waals surface area (Å²) in [6, 6.07) is 7.62. The van der Waals surface area contributed by atoms with Gasteiger partial charge in [-0.25, -0.2) is 9.78 Å². The van der Waals surface area contributed by atoms with Gasteiger partial charge in [0.05, 0.1) is 24.8 Å². The van der Waals surface area contributed by atoms with E-state index < -0.39 is 5.97 Å². The number of hydrogen-bond donors (Lipinski definition) is 2. The zero-order valence-electron chi connectivity index (χ0n) is 13.7. The van der Waals surface area contributed by atoms with Crippen molar-refractivity contribution in [2.75, 3.05) is 31.2 Å². The van der Waals surface area contributed by atoms with Crippen molar-refractivity contribution in [3.8, 4) is 0 Å². The highest BCUT2D eigenvalue weighted by Crippen LogP contribution is 2.30. The summed E-state index contributed by atoms with van der Waals surface area (Å²) in [5.41, 5.74) is 1.85. The minimum Gasteiger partial charge on any atom is -0.478 e. The molecule has 2 N–H and O–H groups in total. The molecule has 3 rings (SSSR count). The van der Waals surface area contributed by atoms with Gasteiger partial charge in [-0.15, -0.1) is 0 Å². The van der Waals surface area contributed by atoms with E-state index in [-0.39, 0.29) is 18.3 Å². The van der Waals surface area contributed by atoms with E-state index in [1.807, 2.05) is 36.1 Å². The monoisotopic (exact) mass is 330 g/mol. The van der Waals surface area contributed by atoms with Gasteiger partial charge in [-0.05, 0) is 31.4 Å². The van der Waals surface area contributed by atoms with E-state index in [9.17, 15) is 9.90 Å². The maximum Gasteiger partial charge on any atom is 0.339 e. The molecule has 1 saturated heterocycles. The highest BCUT2D eigenvalue weighted by Gasteiger charge is 2.26. The number of aliphatic hydroxyl groups is 1. The number of carboxylic acids is 1. The lowest BCUT2D eigenvalue weighted by Gasteiger charge is -2.33. The number of anilines is 1. The fraction of sp³-hybridized carbons (Fsp3) is 0.444. The molecular weight excluding hydrogens is 308 g/mol. The van der Waals surface area contributed by atoms with Crippen LogP contribution in [0.1, 0.15) is 28.8 Å². The first-order valence-corrected chi connectivity index (χ1v) is 8.22. The largest absolute Gasteiger partial charge is 0.478 e. The summed E-state index contributed by atoms with van der Waals surface area (Å²) >= 11 is 0. The number of para-hydroxylation sites is 1. The second-order valence-electron chi connectivity index (χ2n) is 6.04. The van der Waals surface area contributed by atoms with E-state index in [4.69, 9.17) is 9.84 Å².